The van der Waals surface area contributed by atoms with E-state index in [4.69, 9.17) is 0 Å². The fourth-order valence-electron chi connectivity index (χ4n) is 4.74. The lowest BCUT2D eigenvalue weighted by Crippen LogP contribution is -2.14. The molecule has 0 spiro atoms. The van der Waals surface area contributed by atoms with Crippen molar-refractivity contribution >= 4 is 38.4 Å². The molecule has 37 heavy (non-hydrogen) atoms. The summed E-state index contributed by atoms with van der Waals surface area (Å²) in [5, 5.41) is 25.2. The van der Waals surface area contributed by atoms with Crippen molar-refractivity contribution in [3.05, 3.63) is 99.0 Å². The summed E-state index contributed by atoms with van der Waals surface area (Å²) < 4.78 is 1.97. The number of nitrogens with zero attached hydrogens (tertiary/aromatic N) is 4. The monoisotopic (exact) mass is 507 g/mol. The smallest absolute Gasteiger partial charge is 0.337 e. The van der Waals surface area contributed by atoms with Crippen molar-refractivity contribution in [2.24, 2.45) is 0 Å². The molecule has 0 atom stereocenters. The Bertz CT molecular complexity index is 1840. The summed E-state index contributed by atoms with van der Waals surface area (Å²) in [6.45, 7) is 2.47. The first-order valence-corrected chi connectivity index (χ1v) is 12.6. The van der Waals surface area contributed by atoms with E-state index in [0.29, 0.717) is 28.7 Å². The number of carbonyl (C=O) groups is 1. The Labute approximate surface area is 214 Å². The maximum Gasteiger partial charge on any atom is 0.337 e. The first-order valence-electron chi connectivity index (χ1n) is 11.8. The van der Waals surface area contributed by atoms with Gasteiger partial charge in [0.1, 0.15) is 4.83 Å². The van der Waals surface area contributed by atoms with E-state index in [1.807, 2.05) is 66.1 Å². The molecule has 0 saturated carbocycles. The largest absolute Gasteiger partial charge is 0.478 e. The molecule has 0 bridgehead atoms. The Hall–Kier alpha value is -4.63. The normalized spacial score (nSPS) is 11.4. The van der Waals surface area contributed by atoms with Crippen LogP contribution in [0.15, 0.2) is 77.6 Å². The SMILES string of the molecule is CCc1cc2c(=O)c3cccc(C(=O)O)c3n(Cc3ccc(-c4ccccc4-c4nnn[nH]4)cc3)c2s1. The van der Waals surface area contributed by atoms with Crippen LogP contribution < -0.4 is 5.43 Å². The second kappa shape index (κ2) is 9.11. The highest BCUT2D eigenvalue weighted by Gasteiger charge is 2.19. The maximum absolute atomic E-state index is 13.3. The molecule has 0 aliphatic rings. The Morgan fingerprint density at radius 3 is 2.49 bits per heavy atom. The van der Waals surface area contributed by atoms with Crippen molar-refractivity contribution in [1.29, 1.82) is 0 Å². The molecule has 182 valence electrons. The van der Waals surface area contributed by atoms with Crippen LogP contribution in [-0.4, -0.2) is 36.3 Å². The van der Waals surface area contributed by atoms with E-state index in [-0.39, 0.29) is 11.0 Å². The van der Waals surface area contributed by atoms with E-state index < -0.39 is 5.97 Å². The summed E-state index contributed by atoms with van der Waals surface area (Å²) in [6.07, 6.45) is 0.801. The second-order valence-corrected chi connectivity index (χ2v) is 9.81. The van der Waals surface area contributed by atoms with Gasteiger partial charge >= 0.3 is 5.97 Å². The molecule has 8 nitrogen and oxygen atoms in total. The van der Waals surface area contributed by atoms with Gasteiger partial charge in [-0.3, -0.25) is 4.79 Å². The molecule has 6 aromatic rings. The van der Waals surface area contributed by atoms with Gasteiger partial charge in [-0.05, 0) is 51.7 Å². The van der Waals surface area contributed by atoms with Crippen LogP contribution in [0.1, 0.15) is 27.7 Å². The number of H-pyrrole nitrogens is 1. The van der Waals surface area contributed by atoms with E-state index >= 15 is 0 Å². The van der Waals surface area contributed by atoms with Gasteiger partial charge in [0.2, 0.25) is 0 Å². The van der Waals surface area contributed by atoms with E-state index in [0.717, 1.165) is 38.4 Å². The number of carboxylic acid groups (broad SMARTS) is 1. The number of fused-ring (bicyclic) bond motifs is 2. The number of aryl methyl sites for hydroxylation is 1. The van der Waals surface area contributed by atoms with Gasteiger partial charge in [-0.15, -0.1) is 16.4 Å². The van der Waals surface area contributed by atoms with Gasteiger partial charge in [-0.1, -0.05) is 61.5 Å². The number of pyridine rings is 1. The fraction of sp³-hybridized carbons (Fsp3) is 0.107. The third kappa shape index (κ3) is 3.89. The van der Waals surface area contributed by atoms with Crippen LogP contribution in [-0.2, 0) is 13.0 Å². The van der Waals surface area contributed by atoms with Gasteiger partial charge in [0.25, 0.3) is 0 Å². The van der Waals surface area contributed by atoms with Crippen LogP contribution in [0.25, 0.3) is 43.6 Å². The third-order valence-corrected chi connectivity index (χ3v) is 7.82. The molecular weight excluding hydrogens is 486 g/mol. The number of carboxylic acids is 1. The number of benzene rings is 3. The van der Waals surface area contributed by atoms with Crippen LogP contribution in [0.2, 0.25) is 0 Å². The lowest BCUT2D eigenvalue weighted by atomic mass is 9.98. The van der Waals surface area contributed by atoms with E-state index in [2.05, 4.69) is 20.6 Å². The average Bonchev–Trinajstić information content (AvgIpc) is 3.62. The van der Waals surface area contributed by atoms with Crippen LogP contribution in [0.4, 0.5) is 0 Å². The zero-order valence-electron chi connectivity index (χ0n) is 19.8. The molecule has 6 rings (SSSR count). The molecule has 0 saturated heterocycles. The predicted octanol–water partition coefficient (Wildman–Crippen LogP) is 5.37. The van der Waals surface area contributed by atoms with Crippen molar-refractivity contribution in [2.45, 2.75) is 19.9 Å². The maximum atomic E-state index is 13.3. The van der Waals surface area contributed by atoms with Crippen molar-refractivity contribution in [2.75, 3.05) is 0 Å². The summed E-state index contributed by atoms with van der Waals surface area (Å²) in [5.41, 5.74) is 4.31. The topological polar surface area (TPSA) is 114 Å². The van der Waals surface area contributed by atoms with E-state index in [9.17, 15) is 14.7 Å². The van der Waals surface area contributed by atoms with Crippen molar-refractivity contribution in [3.63, 3.8) is 0 Å². The van der Waals surface area contributed by atoms with Crippen LogP contribution >= 0.6 is 11.3 Å². The van der Waals surface area contributed by atoms with Crippen molar-refractivity contribution in [1.82, 2.24) is 25.2 Å². The molecule has 0 radical (unpaired) electrons. The Balaban J connectivity index is 1.49. The number of para-hydroxylation sites is 1. The quantitative estimate of drug-likeness (QED) is 0.313. The highest BCUT2D eigenvalue weighted by atomic mass is 32.1. The van der Waals surface area contributed by atoms with Crippen molar-refractivity contribution < 1.29 is 9.90 Å². The average molecular weight is 508 g/mol. The number of aromatic amines is 1. The van der Waals surface area contributed by atoms with Gasteiger partial charge in [-0.25, -0.2) is 9.89 Å². The molecule has 2 N–H and O–H groups in total. The number of nitrogens with one attached hydrogen (secondary N) is 1. The minimum Gasteiger partial charge on any atom is -0.478 e. The van der Waals surface area contributed by atoms with Gasteiger partial charge in [-0.2, -0.15) is 0 Å². The van der Waals surface area contributed by atoms with E-state index in [1.165, 1.54) is 0 Å². The number of aromatic carboxylic acids is 1. The van der Waals surface area contributed by atoms with Crippen molar-refractivity contribution in [3.8, 4) is 22.5 Å². The molecule has 0 fully saturated rings. The first kappa shape index (κ1) is 22.8. The molecule has 3 heterocycles. The van der Waals surface area contributed by atoms with Crippen LogP contribution in [0, 0.1) is 0 Å². The number of rotatable bonds is 6. The number of tetrazole rings is 1. The molecule has 9 heteroatoms. The predicted molar refractivity (Wildman–Crippen MR) is 144 cm³/mol. The molecule has 0 aliphatic heterocycles. The zero-order valence-corrected chi connectivity index (χ0v) is 20.6. The van der Waals surface area contributed by atoms with Crippen LogP contribution in [0.3, 0.4) is 0 Å². The summed E-state index contributed by atoms with van der Waals surface area (Å²) in [7, 11) is 0. The van der Waals surface area contributed by atoms with Gasteiger partial charge < -0.3 is 9.67 Å². The standard InChI is InChI=1S/C28H21N5O3S/c1-2-18-14-23-25(34)21-8-5-9-22(28(35)36)24(21)33(27(23)37-18)15-16-10-12-17(13-11-16)19-6-3-4-7-20(19)26-29-31-32-30-26/h3-14H,2,15H2,1H3,(H,35,36)(H,29,30,31,32). The highest BCUT2D eigenvalue weighted by Crippen LogP contribution is 2.32. The summed E-state index contributed by atoms with van der Waals surface area (Å²) in [6, 6.07) is 22.8. The Morgan fingerprint density at radius 1 is 1.00 bits per heavy atom. The molecule has 0 amide bonds. The summed E-state index contributed by atoms with van der Waals surface area (Å²) >= 11 is 1.54. The lowest BCUT2D eigenvalue weighted by Gasteiger charge is -2.15. The molecule has 0 aliphatic carbocycles. The summed E-state index contributed by atoms with van der Waals surface area (Å²) in [4.78, 5) is 27.3. The second-order valence-electron chi connectivity index (χ2n) is 8.70. The highest BCUT2D eigenvalue weighted by molar-refractivity contribution is 7.18. The molecular formula is C28H21N5O3S. The third-order valence-electron chi connectivity index (χ3n) is 6.52. The number of hydrogen-bond donors (Lipinski definition) is 2. The number of hydrogen-bond acceptors (Lipinski definition) is 6. The first-order chi connectivity index (χ1) is 18.0. The van der Waals surface area contributed by atoms with Gasteiger partial charge in [0.05, 0.1) is 16.5 Å². The van der Waals surface area contributed by atoms with Gasteiger partial charge in [0.15, 0.2) is 11.3 Å². The zero-order chi connectivity index (χ0) is 25.5. The number of thiophene rings is 1. The minimum atomic E-state index is -1.06. The van der Waals surface area contributed by atoms with Crippen LogP contribution in [0.5, 0.6) is 0 Å². The minimum absolute atomic E-state index is 0.120. The summed E-state index contributed by atoms with van der Waals surface area (Å²) in [5.74, 6) is -0.466. The van der Waals surface area contributed by atoms with Gasteiger partial charge in [0, 0.05) is 22.4 Å². The molecule has 0 unspecified atom stereocenters. The molecule has 3 aromatic heterocycles. The fourth-order valence-corrected chi connectivity index (χ4v) is 5.84. The lowest BCUT2D eigenvalue weighted by molar-refractivity contribution is 0.0698. The van der Waals surface area contributed by atoms with E-state index in [1.54, 1.807) is 29.5 Å². The Morgan fingerprint density at radius 2 is 1.78 bits per heavy atom. The number of aromatic nitrogens is 5. The Kier molecular flexibility index (Phi) is 5.61. The molecule has 3 aromatic carbocycles.